The normalized spacial score (nSPS) is 10.9. The summed E-state index contributed by atoms with van der Waals surface area (Å²) in [6.07, 6.45) is 1.59. The van der Waals surface area contributed by atoms with E-state index < -0.39 is 5.82 Å². The number of hydrogen-bond acceptors (Lipinski definition) is 5. The molecule has 0 spiro atoms. The largest absolute Gasteiger partial charge is 0.467 e. The molecule has 9 heteroatoms. The van der Waals surface area contributed by atoms with Gasteiger partial charge in [0, 0.05) is 10.6 Å². The lowest BCUT2D eigenvalue weighted by molar-refractivity contribution is -0.113. The highest BCUT2D eigenvalue weighted by atomic mass is 35.5. The molecule has 4 aromatic rings. The van der Waals surface area contributed by atoms with Crippen molar-refractivity contribution < 1.29 is 13.6 Å². The molecule has 152 valence electrons. The van der Waals surface area contributed by atoms with E-state index in [1.807, 2.05) is 22.8 Å². The number of furan rings is 1. The number of hydrogen-bond donors (Lipinski definition) is 1. The second-order valence-electron chi connectivity index (χ2n) is 6.30. The van der Waals surface area contributed by atoms with Crippen LogP contribution < -0.4 is 5.32 Å². The van der Waals surface area contributed by atoms with Crippen LogP contribution >= 0.6 is 23.4 Å². The van der Waals surface area contributed by atoms with Crippen LogP contribution in [0.1, 0.15) is 5.76 Å². The van der Waals surface area contributed by atoms with Crippen molar-refractivity contribution in [2.75, 3.05) is 11.1 Å². The van der Waals surface area contributed by atoms with Crippen molar-refractivity contribution in [1.82, 2.24) is 14.8 Å². The van der Waals surface area contributed by atoms with Crippen LogP contribution in [0.25, 0.3) is 11.4 Å². The zero-order valence-electron chi connectivity index (χ0n) is 15.6. The van der Waals surface area contributed by atoms with E-state index in [1.54, 1.807) is 36.6 Å². The van der Waals surface area contributed by atoms with E-state index in [4.69, 9.17) is 16.0 Å². The molecule has 0 atom stereocenters. The topological polar surface area (TPSA) is 73.0 Å². The SMILES string of the molecule is O=C(CSc1nnc(-c2ccc(Cl)cc2)n1Cc1ccco1)Nc1ccccc1F. The molecule has 2 aromatic heterocycles. The lowest BCUT2D eigenvalue weighted by Crippen LogP contribution is -2.15. The van der Waals surface area contributed by atoms with Gasteiger partial charge in [0.1, 0.15) is 11.6 Å². The van der Waals surface area contributed by atoms with Gasteiger partial charge in [0.15, 0.2) is 11.0 Å². The van der Waals surface area contributed by atoms with E-state index in [1.165, 1.54) is 23.9 Å². The molecule has 6 nitrogen and oxygen atoms in total. The maximum Gasteiger partial charge on any atom is 0.234 e. The minimum Gasteiger partial charge on any atom is -0.467 e. The fourth-order valence-corrected chi connectivity index (χ4v) is 3.65. The zero-order valence-corrected chi connectivity index (χ0v) is 17.2. The summed E-state index contributed by atoms with van der Waals surface area (Å²) in [4.78, 5) is 12.3. The number of amides is 1. The third kappa shape index (κ3) is 4.72. The van der Waals surface area contributed by atoms with Gasteiger partial charge in [0.2, 0.25) is 5.91 Å². The highest BCUT2D eigenvalue weighted by Gasteiger charge is 2.17. The molecule has 0 unspecified atom stereocenters. The van der Waals surface area contributed by atoms with Gasteiger partial charge < -0.3 is 9.73 Å². The van der Waals surface area contributed by atoms with Crippen molar-refractivity contribution in [3.8, 4) is 11.4 Å². The van der Waals surface area contributed by atoms with Crippen LogP contribution in [-0.4, -0.2) is 26.4 Å². The van der Waals surface area contributed by atoms with Crippen LogP contribution in [0.4, 0.5) is 10.1 Å². The molecule has 0 radical (unpaired) electrons. The summed E-state index contributed by atoms with van der Waals surface area (Å²) in [5.41, 5.74) is 0.975. The highest BCUT2D eigenvalue weighted by molar-refractivity contribution is 7.99. The number of para-hydroxylation sites is 1. The first-order valence-corrected chi connectivity index (χ1v) is 10.4. The Morgan fingerprint density at radius 3 is 2.63 bits per heavy atom. The first kappa shape index (κ1) is 20.2. The Morgan fingerprint density at radius 2 is 1.90 bits per heavy atom. The van der Waals surface area contributed by atoms with Crippen LogP contribution in [0.5, 0.6) is 0 Å². The third-order valence-electron chi connectivity index (χ3n) is 4.19. The minimum absolute atomic E-state index is 0.0469. The van der Waals surface area contributed by atoms with Crippen LogP contribution in [0.2, 0.25) is 5.02 Å². The van der Waals surface area contributed by atoms with Crippen LogP contribution in [0.15, 0.2) is 76.5 Å². The van der Waals surface area contributed by atoms with Crippen molar-refractivity contribution in [3.63, 3.8) is 0 Å². The molecule has 0 fully saturated rings. The van der Waals surface area contributed by atoms with Gasteiger partial charge >= 0.3 is 0 Å². The smallest absolute Gasteiger partial charge is 0.234 e. The summed E-state index contributed by atoms with van der Waals surface area (Å²) < 4.78 is 21.1. The van der Waals surface area contributed by atoms with Crippen molar-refractivity contribution in [1.29, 1.82) is 0 Å². The molecule has 0 saturated carbocycles. The number of benzene rings is 2. The number of nitrogens with one attached hydrogen (secondary N) is 1. The Bertz CT molecular complexity index is 1150. The Balaban J connectivity index is 1.54. The summed E-state index contributed by atoms with van der Waals surface area (Å²) in [5, 5.41) is 12.3. The number of thioether (sulfide) groups is 1. The molecule has 1 amide bonds. The molecule has 2 aromatic carbocycles. The van der Waals surface area contributed by atoms with Crippen LogP contribution in [0, 0.1) is 5.82 Å². The van der Waals surface area contributed by atoms with Crippen LogP contribution in [-0.2, 0) is 11.3 Å². The van der Waals surface area contributed by atoms with E-state index in [-0.39, 0.29) is 17.3 Å². The van der Waals surface area contributed by atoms with E-state index in [9.17, 15) is 9.18 Å². The Kier molecular flexibility index (Phi) is 6.15. The highest BCUT2D eigenvalue weighted by Crippen LogP contribution is 2.26. The van der Waals surface area contributed by atoms with Crippen LogP contribution in [0.3, 0.4) is 0 Å². The number of nitrogens with zero attached hydrogens (tertiary/aromatic N) is 3. The standard InChI is InChI=1S/C21H16ClFN4O2S/c22-15-9-7-14(8-10-15)20-25-26-21(27(20)12-16-4-3-11-29-16)30-13-19(28)24-18-6-2-1-5-17(18)23/h1-11H,12-13H2,(H,24,28). The van der Waals surface area contributed by atoms with Gasteiger partial charge in [-0.1, -0.05) is 35.5 Å². The van der Waals surface area contributed by atoms with Gasteiger partial charge in [0.25, 0.3) is 0 Å². The Morgan fingerprint density at radius 1 is 1.10 bits per heavy atom. The Labute approximate surface area is 181 Å². The molecule has 4 rings (SSSR count). The average molecular weight is 443 g/mol. The zero-order chi connectivity index (χ0) is 20.9. The fourth-order valence-electron chi connectivity index (χ4n) is 2.79. The van der Waals surface area contributed by atoms with Gasteiger partial charge in [-0.3, -0.25) is 9.36 Å². The summed E-state index contributed by atoms with van der Waals surface area (Å²) >= 11 is 7.20. The van der Waals surface area contributed by atoms with Gasteiger partial charge in [-0.05, 0) is 48.5 Å². The maximum atomic E-state index is 13.7. The van der Waals surface area contributed by atoms with Crippen molar-refractivity contribution >= 4 is 35.0 Å². The number of anilines is 1. The van der Waals surface area contributed by atoms with E-state index in [2.05, 4.69) is 15.5 Å². The van der Waals surface area contributed by atoms with E-state index >= 15 is 0 Å². The maximum absolute atomic E-state index is 13.7. The number of carbonyl (C=O) groups is 1. The molecular formula is C21H16ClFN4O2S. The fraction of sp³-hybridized carbons (Fsp3) is 0.0952. The second kappa shape index (κ2) is 9.15. The quantitative estimate of drug-likeness (QED) is 0.402. The summed E-state index contributed by atoms with van der Waals surface area (Å²) in [6.45, 7) is 0.398. The number of rotatable bonds is 7. The summed E-state index contributed by atoms with van der Waals surface area (Å²) in [7, 11) is 0. The lowest BCUT2D eigenvalue weighted by Gasteiger charge is -2.09. The summed E-state index contributed by atoms with van der Waals surface area (Å²) in [6, 6.07) is 16.9. The monoisotopic (exact) mass is 442 g/mol. The molecule has 0 bridgehead atoms. The Hall–Kier alpha value is -3.10. The molecule has 0 saturated heterocycles. The predicted octanol–water partition coefficient (Wildman–Crippen LogP) is 5.11. The minimum atomic E-state index is -0.484. The van der Waals surface area contributed by atoms with Crippen molar-refractivity contribution in [2.45, 2.75) is 11.7 Å². The van der Waals surface area contributed by atoms with E-state index in [0.29, 0.717) is 22.5 Å². The van der Waals surface area contributed by atoms with Crippen molar-refractivity contribution in [2.24, 2.45) is 0 Å². The van der Waals surface area contributed by atoms with Gasteiger partial charge in [-0.2, -0.15) is 0 Å². The molecule has 0 aliphatic carbocycles. The molecule has 1 N–H and O–H groups in total. The third-order valence-corrected chi connectivity index (χ3v) is 5.41. The first-order valence-electron chi connectivity index (χ1n) is 8.99. The predicted molar refractivity (Wildman–Crippen MR) is 114 cm³/mol. The summed E-state index contributed by atoms with van der Waals surface area (Å²) in [5.74, 6) is 0.570. The number of aromatic nitrogens is 3. The molecule has 2 heterocycles. The van der Waals surface area contributed by atoms with Gasteiger partial charge in [0.05, 0.1) is 24.2 Å². The average Bonchev–Trinajstić information content (AvgIpc) is 3.39. The van der Waals surface area contributed by atoms with Gasteiger partial charge in [-0.15, -0.1) is 10.2 Å². The molecule has 30 heavy (non-hydrogen) atoms. The number of halogens is 2. The molecule has 0 aliphatic rings. The lowest BCUT2D eigenvalue weighted by atomic mass is 10.2. The van der Waals surface area contributed by atoms with E-state index in [0.717, 1.165) is 11.3 Å². The van der Waals surface area contributed by atoms with Gasteiger partial charge in [-0.25, -0.2) is 4.39 Å². The second-order valence-corrected chi connectivity index (χ2v) is 7.67. The number of carbonyl (C=O) groups excluding carboxylic acids is 1. The molecular weight excluding hydrogens is 427 g/mol. The van der Waals surface area contributed by atoms with Crippen molar-refractivity contribution in [3.05, 3.63) is 83.5 Å². The molecule has 0 aliphatic heterocycles. The first-order chi connectivity index (χ1) is 14.6.